The summed E-state index contributed by atoms with van der Waals surface area (Å²) in [5, 5.41) is 0. The number of unbranched alkanes of at least 4 members (excludes halogenated alkanes) is 19. The Labute approximate surface area is 626 Å². The van der Waals surface area contributed by atoms with E-state index in [9.17, 15) is 19.0 Å². The number of likely N-dealkylation sites (N-methyl/N-ethyl adjacent to an activating group) is 1. The summed E-state index contributed by atoms with van der Waals surface area (Å²) >= 11 is 0. The van der Waals surface area contributed by atoms with Crippen LogP contribution >= 0.6 is 7.82 Å². The summed E-state index contributed by atoms with van der Waals surface area (Å²) < 4.78 is 34.8. The largest absolute Gasteiger partial charge is 0.472 e. The van der Waals surface area contributed by atoms with Gasteiger partial charge in [0.1, 0.15) is 19.8 Å². The first-order valence-electron chi connectivity index (χ1n) is 40.1. The van der Waals surface area contributed by atoms with Crippen molar-refractivity contribution in [3.63, 3.8) is 0 Å². The molecule has 572 valence electrons. The van der Waals surface area contributed by atoms with Crippen LogP contribution in [0.5, 0.6) is 0 Å². The van der Waals surface area contributed by atoms with E-state index in [1.54, 1.807) is 0 Å². The van der Waals surface area contributed by atoms with Crippen molar-refractivity contribution in [3.8, 4) is 0 Å². The van der Waals surface area contributed by atoms with E-state index in [-0.39, 0.29) is 32.0 Å². The second-order valence-corrected chi connectivity index (χ2v) is 28.4. The van der Waals surface area contributed by atoms with Gasteiger partial charge in [-0.25, -0.2) is 4.57 Å². The van der Waals surface area contributed by atoms with Crippen LogP contribution < -0.4 is 0 Å². The monoisotopic (exact) mass is 1430 g/mol. The highest BCUT2D eigenvalue weighted by atomic mass is 31.2. The molecule has 9 nitrogen and oxygen atoms in total. The average molecular weight is 1430 g/mol. The zero-order chi connectivity index (χ0) is 74.0. The predicted octanol–water partition coefficient (Wildman–Crippen LogP) is 27.3. The lowest BCUT2D eigenvalue weighted by atomic mass is 10.0. The van der Waals surface area contributed by atoms with Crippen molar-refractivity contribution in [3.05, 3.63) is 231 Å². The van der Waals surface area contributed by atoms with E-state index >= 15 is 0 Å². The fourth-order valence-corrected chi connectivity index (χ4v) is 10.9. The quantitative estimate of drug-likeness (QED) is 0.0211. The number of ether oxygens (including phenoxy) is 2. The summed E-state index contributed by atoms with van der Waals surface area (Å²) in [6, 6.07) is 0. The number of quaternary nitrogens is 1. The van der Waals surface area contributed by atoms with Gasteiger partial charge in [-0.05, 0) is 161 Å². The minimum Gasteiger partial charge on any atom is -0.462 e. The summed E-state index contributed by atoms with van der Waals surface area (Å²) in [7, 11) is 1.43. The lowest BCUT2D eigenvalue weighted by molar-refractivity contribution is -0.870. The van der Waals surface area contributed by atoms with Gasteiger partial charge in [-0.1, -0.05) is 341 Å². The molecule has 0 aliphatic carbocycles. The summed E-state index contributed by atoms with van der Waals surface area (Å²) in [5.74, 6) is -0.838. The number of phosphoric ester groups is 1. The van der Waals surface area contributed by atoms with Crippen LogP contribution in [0.15, 0.2) is 231 Å². The van der Waals surface area contributed by atoms with Gasteiger partial charge in [0.2, 0.25) is 0 Å². The predicted molar refractivity (Wildman–Crippen MR) is 444 cm³/mol. The fraction of sp³-hybridized carbons (Fsp3) is 0.565. The molecule has 2 unspecified atom stereocenters. The Balaban J connectivity index is 4.13. The standard InChI is InChI=1S/C92H146NO8P/c1-6-8-10-12-14-16-18-20-22-24-26-28-30-32-34-36-38-40-42-44-45-46-47-49-51-53-55-57-59-61-63-65-67-69-71-73-75-77-79-81-83-85-92(95)101-90(89-100-102(96,97)99-87-86-93(3,4)5)88-98-91(94)84-82-80-78-76-74-72-70-68-66-64-62-60-58-56-54-52-50-48-43-41-39-37-35-33-31-29-27-25-23-21-19-17-15-13-11-9-7-2/h8-11,14-17,20-23,26-29,32-35,38-41,44-45,47-50,53,55,59,61,65,67,71,73,90H,6-7,12-13,18-19,24-25,30-31,36-37,42-43,46,51-52,54,56-58,60,62-64,66,68-70,72,74-89H2,1-5H3/p+1/b10-8-,11-9-,16-14-,17-15-,22-20-,23-21-,28-26-,29-27-,34-32-,35-33-,40-38-,41-39-,45-44-,49-47-,50-48-,55-53-,61-59-,67-65-,73-71-. The molecule has 0 saturated carbocycles. The normalized spacial score (nSPS) is 14.3. The van der Waals surface area contributed by atoms with E-state index in [0.717, 1.165) is 167 Å². The van der Waals surface area contributed by atoms with Crippen LogP contribution in [0.2, 0.25) is 0 Å². The maximum Gasteiger partial charge on any atom is 0.472 e. The minimum absolute atomic E-state index is 0.0152. The van der Waals surface area contributed by atoms with Crippen LogP contribution in [0.4, 0.5) is 0 Å². The Kier molecular flexibility index (Phi) is 74.6. The van der Waals surface area contributed by atoms with Crippen molar-refractivity contribution < 1.29 is 42.1 Å². The first-order valence-corrected chi connectivity index (χ1v) is 41.6. The topological polar surface area (TPSA) is 108 Å². The molecule has 0 aromatic rings. The van der Waals surface area contributed by atoms with Crippen LogP contribution in [0, 0.1) is 0 Å². The van der Waals surface area contributed by atoms with E-state index in [4.69, 9.17) is 18.5 Å². The zero-order valence-electron chi connectivity index (χ0n) is 65.2. The van der Waals surface area contributed by atoms with E-state index in [2.05, 4.69) is 245 Å². The summed E-state index contributed by atoms with van der Waals surface area (Å²) in [6.45, 7) is 4.16. The molecule has 0 saturated heterocycles. The number of rotatable bonds is 71. The van der Waals surface area contributed by atoms with Crippen LogP contribution in [0.3, 0.4) is 0 Å². The smallest absolute Gasteiger partial charge is 0.462 e. The second kappa shape index (κ2) is 79.2. The summed E-state index contributed by atoms with van der Waals surface area (Å²) in [4.78, 5) is 36.0. The molecule has 0 aliphatic rings. The van der Waals surface area contributed by atoms with Gasteiger partial charge in [-0.15, -0.1) is 0 Å². The third-order valence-corrected chi connectivity index (χ3v) is 17.2. The van der Waals surface area contributed by atoms with Crippen molar-refractivity contribution in [2.45, 2.75) is 290 Å². The molecule has 0 aliphatic heterocycles. The average Bonchev–Trinajstić information content (AvgIpc) is 0.916. The van der Waals surface area contributed by atoms with Crippen molar-refractivity contribution in [1.82, 2.24) is 0 Å². The van der Waals surface area contributed by atoms with Gasteiger partial charge in [0.15, 0.2) is 6.10 Å². The molecule has 0 radical (unpaired) electrons. The number of phosphoric acid groups is 1. The highest BCUT2D eigenvalue weighted by Gasteiger charge is 2.27. The van der Waals surface area contributed by atoms with Gasteiger partial charge < -0.3 is 18.9 Å². The lowest BCUT2D eigenvalue weighted by Crippen LogP contribution is -2.37. The number of esters is 2. The Morgan fingerprint density at radius 2 is 0.529 bits per heavy atom. The molecule has 10 heteroatoms. The van der Waals surface area contributed by atoms with Gasteiger partial charge >= 0.3 is 19.8 Å². The molecule has 0 rings (SSSR count). The third kappa shape index (κ3) is 83.0. The molecule has 0 fully saturated rings. The molecule has 0 bridgehead atoms. The molecule has 102 heavy (non-hydrogen) atoms. The first kappa shape index (κ1) is 96.1. The van der Waals surface area contributed by atoms with Crippen LogP contribution in [0.1, 0.15) is 284 Å². The van der Waals surface area contributed by atoms with E-state index in [0.29, 0.717) is 17.4 Å². The lowest BCUT2D eigenvalue weighted by Gasteiger charge is -2.24. The summed E-state index contributed by atoms with van der Waals surface area (Å²) in [5.41, 5.74) is 0. The number of hydrogen-bond donors (Lipinski definition) is 1. The van der Waals surface area contributed by atoms with Crippen molar-refractivity contribution >= 4 is 19.8 Å². The highest BCUT2D eigenvalue weighted by molar-refractivity contribution is 7.47. The molecular weight excluding hydrogens is 1280 g/mol. The van der Waals surface area contributed by atoms with Crippen molar-refractivity contribution in [2.24, 2.45) is 0 Å². The van der Waals surface area contributed by atoms with Gasteiger partial charge in [-0.2, -0.15) is 0 Å². The minimum atomic E-state index is -4.42. The number of hydrogen-bond acceptors (Lipinski definition) is 7. The van der Waals surface area contributed by atoms with Crippen molar-refractivity contribution in [1.29, 1.82) is 0 Å². The second-order valence-electron chi connectivity index (χ2n) is 27.0. The Bertz CT molecular complexity index is 2580. The Hall–Kier alpha value is -5.93. The van der Waals surface area contributed by atoms with Gasteiger partial charge in [0.05, 0.1) is 27.7 Å². The highest BCUT2D eigenvalue weighted by Crippen LogP contribution is 2.43. The van der Waals surface area contributed by atoms with E-state index in [1.165, 1.54) is 83.5 Å². The zero-order valence-corrected chi connectivity index (χ0v) is 66.1. The Morgan fingerprint density at radius 3 is 0.784 bits per heavy atom. The molecule has 0 aromatic carbocycles. The van der Waals surface area contributed by atoms with E-state index in [1.807, 2.05) is 21.1 Å². The molecule has 0 aromatic heterocycles. The number of carbonyl (C=O) groups excluding carboxylic acids is 2. The molecule has 0 amide bonds. The third-order valence-electron chi connectivity index (χ3n) is 16.2. The fourth-order valence-electron chi connectivity index (χ4n) is 10.2. The van der Waals surface area contributed by atoms with Crippen LogP contribution in [-0.2, 0) is 32.7 Å². The first-order chi connectivity index (χ1) is 50.0. The molecule has 0 spiro atoms. The van der Waals surface area contributed by atoms with Gasteiger partial charge in [-0.3, -0.25) is 18.6 Å². The number of nitrogens with zero attached hydrogens (tertiary/aromatic N) is 1. The number of carbonyl (C=O) groups is 2. The van der Waals surface area contributed by atoms with Crippen LogP contribution in [-0.4, -0.2) is 74.9 Å². The Morgan fingerprint density at radius 1 is 0.304 bits per heavy atom. The molecule has 1 N–H and O–H groups in total. The van der Waals surface area contributed by atoms with Gasteiger partial charge in [0, 0.05) is 12.8 Å². The molecular formula is C92H147NO8P+. The number of allylic oxidation sites excluding steroid dienone is 38. The maximum atomic E-state index is 12.9. The molecule has 2 atom stereocenters. The van der Waals surface area contributed by atoms with E-state index < -0.39 is 26.5 Å². The summed E-state index contributed by atoms with van der Waals surface area (Å²) in [6.07, 6.45) is 127. The van der Waals surface area contributed by atoms with Crippen LogP contribution in [0.25, 0.3) is 0 Å². The van der Waals surface area contributed by atoms with Crippen molar-refractivity contribution in [2.75, 3.05) is 47.5 Å². The SMILES string of the molecule is CC/C=C\C/C=C\C/C=C\C/C=C\C/C=C\C/C=C\C/C=C\C/C=C\C/C=C\C/C=C\C/C=C\C/C=C\CCCCCCC(=O)OC(COC(=O)CCCCCCCCCCCCCCCCC/C=C\C/C=C\C/C=C\C/C=C\C/C=C\C/C=C\C/C=C\CC)COP(=O)(O)OCC[N+](C)(C)C. The molecule has 0 heterocycles. The van der Waals surface area contributed by atoms with Gasteiger partial charge in [0.25, 0.3) is 0 Å². The maximum absolute atomic E-state index is 12.9.